The molecule has 10 N–H and O–H groups in total. The zero-order valence-electron chi connectivity index (χ0n) is 21.5. The minimum absolute atomic E-state index is 0.0625. The molecule has 0 aliphatic carbocycles. The summed E-state index contributed by atoms with van der Waals surface area (Å²) in [6, 6.07) is 3.22. The first-order valence-electron chi connectivity index (χ1n) is 12.4. The first-order chi connectivity index (χ1) is 19.0. The van der Waals surface area contributed by atoms with Gasteiger partial charge in [0, 0.05) is 37.6 Å². The molecule has 0 aliphatic heterocycles. The largest absolute Gasteiger partial charge is 0.481 e. The van der Waals surface area contributed by atoms with Crippen molar-refractivity contribution < 1.29 is 39.0 Å². The highest BCUT2D eigenvalue weighted by Crippen LogP contribution is 2.07. The lowest BCUT2D eigenvalue weighted by Gasteiger charge is -2.25. The van der Waals surface area contributed by atoms with E-state index in [9.17, 15) is 33.9 Å². The number of imidazole rings is 1. The minimum atomic E-state index is -1.46. The lowest BCUT2D eigenvalue weighted by Crippen LogP contribution is -2.57. The molecule has 2 aromatic rings. The van der Waals surface area contributed by atoms with Gasteiger partial charge in [-0.1, -0.05) is 30.3 Å². The van der Waals surface area contributed by atoms with Crippen molar-refractivity contribution in [2.45, 2.75) is 62.7 Å². The average molecular weight is 560 g/mol. The number of carbonyl (C=O) groups is 6. The van der Waals surface area contributed by atoms with Crippen LogP contribution in [0.3, 0.4) is 0 Å². The van der Waals surface area contributed by atoms with Crippen molar-refractivity contribution >= 4 is 35.6 Å². The molecule has 216 valence electrons. The van der Waals surface area contributed by atoms with Crippen LogP contribution in [0.1, 0.15) is 36.9 Å². The third-order valence-electron chi connectivity index (χ3n) is 5.82. The molecule has 4 atom stereocenters. The Morgan fingerprint density at radius 1 is 0.825 bits per heavy atom. The summed E-state index contributed by atoms with van der Waals surface area (Å²) < 4.78 is 0. The maximum absolute atomic E-state index is 13.1. The Bertz CT molecular complexity index is 1170. The van der Waals surface area contributed by atoms with Gasteiger partial charge in [0.05, 0.1) is 12.4 Å². The molecule has 0 bridgehead atoms. The van der Waals surface area contributed by atoms with E-state index in [1.165, 1.54) is 12.5 Å². The third kappa shape index (κ3) is 10.9. The molecule has 1 aromatic carbocycles. The highest BCUT2D eigenvalue weighted by atomic mass is 16.4. The summed E-state index contributed by atoms with van der Waals surface area (Å²) in [7, 11) is 0. The zero-order chi connectivity index (χ0) is 29.7. The van der Waals surface area contributed by atoms with Crippen LogP contribution < -0.4 is 27.4 Å². The fraction of sp³-hybridized carbons (Fsp3) is 0.400. The van der Waals surface area contributed by atoms with Gasteiger partial charge in [-0.05, 0) is 18.4 Å². The van der Waals surface area contributed by atoms with Crippen LogP contribution in [-0.4, -0.2) is 79.9 Å². The Morgan fingerprint density at radius 3 is 1.93 bits per heavy atom. The molecule has 0 aliphatic rings. The van der Waals surface area contributed by atoms with Gasteiger partial charge in [0.25, 0.3) is 0 Å². The van der Waals surface area contributed by atoms with Crippen molar-refractivity contribution in [3.8, 4) is 0 Å². The number of aromatic amines is 1. The molecule has 0 saturated heterocycles. The van der Waals surface area contributed by atoms with E-state index in [0.29, 0.717) is 11.3 Å². The van der Waals surface area contributed by atoms with Crippen LogP contribution in [0.15, 0.2) is 42.9 Å². The predicted molar refractivity (Wildman–Crippen MR) is 139 cm³/mol. The lowest BCUT2D eigenvalue weighted by molar-refractivity contribution is -0.143. The number of hydrogen-bond donors (Lipinski definition) is 8. The number of primary amides is 1. The normalized spacial score (nSPS) is 13.7. The SMILES string of the molecule is NC(=O)CCC(NC(=O)C(N)Cc1cnc[nH]1)C(=O)NC(CCC(=O)O)C(=O)NC(Cc1ccccc1)C(=O)O. The molecule has 1 heterocycles. The predicted octanol–water partition coefficient (Wildman–Crippen LogP) is -1.81. The Labute approximate surface area is 229 Å². The van der Waals surface area contributed by atoms with Crippen LogP contribution in [0.4, 0.5) is 0 Å². The van der Waals surface area contributed by atoms with Crippen molar-refractivity contribution in [1.29, 1.82) is 0 Å². The van der Waals surface area contributed by atoms with Gasteiger partial charge in [-0.2, -0.15) is 0 Å². The molecule has 40 heavy (non-hydrogen) atoms. The summed E-state index contributed by atoms with van der Waals surface area (Å²) in [5, 5.41) is 25.8. The van der Waals surface area contributed by atoms with Crippen LogP contribution in [-0.2, 0) is 41.6 Å². The standard InChI is InChI=1S/C25H33N7O8/c26-16(11-15-12-28-13-29-15)22(36)30-17(6-8-20(27)33)23(37)31-18(7-9-21(34)35)24(38)32-19(25(39)40)10-14-4-2-1-3-5-14/h1-5,12-13,16-19H,6-11,26H2,(H2,27,33)(H,28,29)(H,30,36)(H,31,37)(H,32,38)(H,34,35)(H,39,40). The first kappa shape index (κ1) is 31.4. The summed E-state index contributed by atoms with van der Waals surface area (Å²) >= 11 is 0. The topological polar surface area (TPSA) is 260 Å². The summed E-state index contributed by atoms with van der Waals surface area (Å²) in [6.45, 7) is 0. The van der Waals surface area contributed by atoms with E-state index in [1.807, 2.05) is 0 Å². The number of carboxylic acid groups (broad SMARTS) is 2. The van der Waals surface area contributed by atoms with Gasteiger partial charge in [0.1, 0.15) is 18.1 Å². The number of carbonyl (C=O) groups excluding carboxylic acids is 4. The number of nitrogens with one attached hydrogen (secondary N) is 4. The van der Waals surface area contributed by atoms with Gasteiger partial charge < -0.3 is 42.6 Å². The van der Waals surface area contributed by atoms with Gasteiger partial charge >= 0.3 is 11.9 Å². The second kappa shape index (κ2) is 15.6. The van der Waals surface area contributed by atoms with Crippen LogP contribution >= 0.6 is 0 Å². The number of hydrogen-bond acceptors (Lipinski definition) is 8. The van der Waals surface area contributed by atoms with Crippen LogP contribution in [0.2, 0.25) is 0 Å². The maximum Gasteiger partial charge on any atom is 0.326 e. The van der Waals surface area contributed by atoms with E-state index in [-0.39, 0.29) is 32.1 Å². The van der Waals surface area contributed by atoms with Crippen molar-refractivity contribution in [2.24, 2.45) is 11.5 Å². The molecular formula is C25H33N7O8. The molecule has 4 amide bonds. The maximum atomic E-state index is 13.1. The molecule has 2 rings (SSSR count). The number of aliphatic carboxylic acids is 2. The molecule has 4 unspecified atom stereocenters. The molecular weight excluding hydrogens is 526 g/mol. The van der Waals surface area contributed by atoms with Gasteiger partial charge in [-0.3, -0.25) is 24.0 Å². The minimum Gasteiger partial charge on any atom is -0.481 e. The quantitative estimate of drug-likeness (QED) is 0.108. The van der Waals surface area contributed by atoms with E-state index < -0.39 is 66.2 Å². The second-order valence-electron chi connectivity index (χ2n) is 9.04. The lowest BCUT2D eigenvalue weighted by atomic mass is 10.0. The van der Waals surface area contributed by atoms with Crippen LogP contribution in [0.5, 0.6) is 0 Å². The third-order valence-corrected chi connectivity index (χ3v) is 5.82. The molecule has 15 nitrogen and oxygen atoms in total. The number of rotatable bonds is 17. The highest BCUT2D eigenvalue weighted by Gasteiger charge is 2.31. The molecule has 0 radical (unpaired) electrons. The average Bonchev–Trinajstić information content (AvgIpc) is 3.41. The monoisotopic (exact) mass is 559 g/mol. The summed E-state index contributed by atoms with van der Waals surface area (Å²) in [4.78, 5) is 79.8. The number of carboxylic acids is 2. The smallest absolute Gasteiger partial charge is 0.326 e. The number of amides is 4. The number of nitrogens with two attached hydrogens (primary N) is 2. The van der Waals surface area contributed by atoms with Crippen molar-refractivity contribution in [2.75, 3.05) is 0 Å². The van der Waals surface area contributed by atoms with Crippen molar-refractivity contribution in [3.63, 3.8) is 0 Å². The Morgan fingerprint density at radius 2 is 1.40 bits per heavy atom. The van der Waals surface area contributed by atoms with Crippen LogP contribution in [0, 0.1) is 0 Å². The summed E-state index contributed by atoms with van der Waals surface area (Å²) in [5.74, 6) is -5.93. The molecule has 1 aromatic heterocycles. The fourth-order valence-corrected chi connectivity index (χ4v) is 3.69. The summed E-state index contributed by atoms with van der Waals surface area (Å²) in [5.41, 5.74) is 12.3. The Kier molecular flexibility index (Phi) is 12.2. The van der Waals surface area contributed by atoms with E-state index in [0.717, 1.165) is 0 Å². The van der Waals surface area contributed by atoms with E-state index in [4.69, 9.17) is 16.6 Å². The number of benzene rings is 1. The first-order valence-corrected chi connectivity index (χ1v) is 12.4. The van der Waals surface area contributed by atoms with E-state index in [1.54, 1.807) is 30.3 Å². The summed E-state index contributed by atoms with van der Waals surface area (Å²) in [6.07, 6.45) is 1.45. The molecule has 0 fully saturated rings. The van der Waals surface area contributed by atoms with Crippen molar-refractivity contribution in [3.05, 3.63) is 54.1 Å². The van der Waals surface area contributed by atoms with Gasteiger partial charge in [0.2, 0.25) is 23.6 Å². The Hall–Kier alpha value is -4.79. The van der Waals surface area contributed by atoms with Crippen LogP contribution in [0.25, 0.3) is 0 Å². The number of H-pyrrole nitrogens is 1. The molecule has 0 spiro atoms. The Balaban J connectivity index is 2.16. The van der Waals surface area contributed by atoms with Gasteiger partial charge in [0.15, 0.2) is 0 Å². The molecule has 0 saturated carbocycles. The second-order valence-corrected chi connectivity index (χ2v) is 9.04. The van der Waals surface area contributed by atoms with Crippen molar-refractivity contribution in [1.82, 2.24) is 25.9 Å². The van der Waals surface area contributed by atoms with Gasteiger partial charge in [-0.25, -0.2) is 9.78 Å². The van der Waals surface area contributed by atoms with E-state index >= 15 is 0 Å². The zero-order valence-corrected chi connectivity index (χ0v) is 21.5. The number of nitrogens with zero attached hydrogens (tertiary/aromatic N) is 1. The van der Waals surface area contributed by atoms with Gasteiger partial charge in [-0.15, -0.1) is 0 Å². The number of aromatic nitrogens is 2. The fourth-order valence-electron chi connectivity index (χ4n) is 3.69. The highest BCUT2D eigenvalue weighted by molar-refractivity contribution is 5.94. The van der Waals surface area contributed by atoms with E-state index in [2.05, 4.69) is 25.9 Å². The molecule has 15 heteroatoms.